The van der Waals surface area contributed by atoms with Crippen LogP contribution in [0.4, 0.5) is 0 Å². The Hall–Kier alpha value is -1.11. The van der Waals surface area contributed by atoms with Crippen LogP contribution in [-0.2, 0) is 6.54 Å². The minimum Gasteiger partial charge on any atom is -0.464 e. The first-order valence-electron chi connectivity index (χ1n) is 5.41. The first kappa shape index (κ1) is 12.3. The van der Waals surface area contributed by atoms with E-state index in [2.05, 4.69) is 26.5 Å². The Morgan fingerprint density at radius 3 is 2.88 bits per heavy atom. The molecule has 0 aliphatic carbocycles. The molecule has 6 heteroatoms. The smallest absolute Gasteiger partial charge is 0.128 e. The van der Waals surface area contributed by atoms with Crippen LogP contribution < -0.4 is 11.3 Å². The second-order valence-corrected chi connectivity index (χ2v) is 4.60. The van der Waals surface area contributed by atoms with Gasteiger partial charge in [-0.1, -0.05) is 0 Å². The van der Waals surface area contributed by atoms with Gasteiger partial charge in [-0.2, -0.15) is 5.10 Å². The molecule has 2 aromatic heterocycles. The number of rotatable bonds is 4. The number of halogens is 1. The average Bonchev–Trinajstić information content (AvgIpc) is 2.89. The Morgan fingerprint density at radius 2 is 2.35 bits per heavy atom. The molecule has 0 fully saturated rings. The highest BCUT2D eigenvalue weighted by atomic mass is 79.9. The van der Waals surface area contributed by atoms with Crippen LogP contribution in [0, 0.1) is 6.92 Å². The van der Waals surface area contributed by atoms with Crippen LogP contribution in [0.2, 0.25) is 0 Å². The molecule has 1 unspecified atom stereocenters. The lowest BCUT2D eigenvalue weighted by Gasteiger charge is -2.15. The number of hydrogen-bond acceptors (Lipinski definition) is 4. The molecule has 2 heterocycles. The van der Waals surface area contributed by atoms with Gasteiger partial charge in [0.1, 0.15) is 17.6 Å². The lowest BCUT2D eigenvalue weighted by atomic mass is 10.1. The van der Waals surface area contributed by atoms with E-state index in [1.54, 1.807) is 6.20 Å². The fourth-order valence-electron chi connectivity index (χ4n) is 1.82. The Balaban J connectivity index is 2.44. The van der Waals surface area contributed by atoms with Crippen molar-refractivity contribution in [3.63, 3.8) is 0 Å². The number of aromatic nitrogens is 2. The predicted molar refractivity (Wildman–Crippen MR) is 68.2 cm³/mol. The van der Waals surface area contributed by atoms with Crippen LogP contribution >= 0.6 is 15.9 Å². The van der Waals surface area contributed by atoms with Crippen molar-refractivity contribution in [2.45, 2.75) is 26.4 Å². The summed E-state index contributed by atoms with van der Waals surface area (Å²) in [4.78, 5) is 0. The Bertz CT molecular complexity index is 505. The van der Waals surface area contributed by atoms with Gasteiger partial charge in [-0.05, 0) is 41.9 Å². The summed E-state index contributed by atoms with van der Waals surface area (Å²) in [5, 5.41) is 4.27. The third kappa shape index (κ3) is 2.29. The molecular weight excluding hydrogens is 284 g/mol. The van der Waals surface area contributed by atoms with Crippen molar-refractivity contribution in [2.75, 3.05) is 0 Å². The number of aryl methyl sites for hydroxylation is 2. The van der Waals surface area contributed by atoms with E-state index in [-0.39, 0.29) is 6.04 Å². The van der Waals surface area contributed by atoms with Gasteiger partial charge in [-0.25, -0.2) is 5.43 Å². The van der Waals surface area contributed by atoms with Crippen molar-refractivity contribution < 1.29 is 4.42 Å². The first-order chi connectivity index (χ1) is 8.17. The number of hydrogen-bond donors (Lipinski definition) is 2. The second-order valence-electron chi connectivity index (χ2n) is 3.74. The molecule has 0 aliphatic rings. The first-order valence-corrected chi connectivity index (χ1v) is 6.20. The Labute approximate surface area is 108 Å². The second kappa shape index (κ2) is 5.03. The van der Waals surface area contributed by atoms with E-state index in [0.29, 0.717) is 0 Å². The maximum Gasteiger partial charge on any atom is 0.128 e. The highest BCUT2D eigenvalue weighted by Crippen LogP contribution is 2.29. The number of furan rings is 1. The molecule has 0 aliphatic heterocycles. The molecule has 0 aromatic carbocycles. The zero-order chi connectivity index (χ0) is 12.4. The van der Waals surface area contributed by atoms with E-state index in [0.717, 1.165) is 28.2 Å². The molecule has 0 amide bonds. The average molecular weight is 299 g/mol. The molecule has 2 aromatic rings. The van der Waals surface area contributed by atoms with Gasteiger partial charge in [0.05, 0.1) is 16.4 Å². The van der Waals surface area contributed by atoms with Gasteiger partial charge in [-0.15, -0.1) is 0 Å². The standard InChI is InChI=1S/C11H15BrN4O/c1-3-16-11(8(12)6-14-16)10(15-13)9-5-4-7(2)17-9/h4-6,10,15H,3,13H2,1-2H3. The summed E-state index contributed by atoms with van der Waals surface area (Å²) in [5.74, 6) is 7.26. The molecule has 2 rings (SSSR count). The number of hydrazine groups is 1. The molecule has 0 spiro atoms. The zero-order valence-corrected chi connectivity index (χ0v) is 11.4. The highest BCUT2D eigenvalue weighted by Gasteiger charge is 2.22. The molecule has 0 saturated heterocycles. The van der Waals surface area contributed by atoms with Gasteiger partial charge in [0.25, 0.3) is 0 Å². The fourth-order valence-corrected chi connectivity index (χ4v) is 2.34. The van der Waals surface area contributed by atoms with E-state index in [4.69, 9.17) is 10.3 Å². The molecule has 3 N–H and O–H groups in total. The van der Waals surface area contributed by atoms with Crippen molar-refractivity contribution >= 4 is 15.9 Å². The quantitative estimate of drug-likeness (QED) is 0.670. The van der Waals surface area contributed by atoms with Crippen molar-refractivity contribution in [1.29, 1.82) is 0 Å². The zero-order valence-electron chi connectivity index (χ0n) is 9.77. The summed E-state index contributed by atoms with van der Waals surface area (Å²) in [5.41, 5.74) is 3.73. The fraction of sp³-hybridized carbons (Fsp3) is 0.364. The summed E-state index contributed by atoms with van der Waals surface area (Å²) >= 11 is 3.48. The van der Waals surface area contributed by atoms with Crippen molar-refractivity contribution in [3.05, 3.63) is 40.0 Å². The lowest BCUT2D eigenvalue weighted by molar-refractivity contribution is 0.417. The highest BCUT2D eigenvalue weighted by molar-refractivity contribution is 9.10. The van der Waals surface area contributed by atoms with Crippen molar-refractivity contribution in [3.8, 4) is 0 Å². The molecule has 0 radical (unpaired) electrons. The molecule has 0 saturated carbocycles. The summed E-state index contributed by atoms with van der Waals surface area (Å²) in [6, 6.07) is 3.63. The number of nitrogens with one attached hydrogen (secondary N) is 1. The normalized spacial score (nSPS) is 12.9. The van der Waals surface area contributed by atoms with E-state index in [1.807, 2.05) is 30.7 Å². The van der Waals surface area contributed by atoms with Crippen molar-refractivity contribution in [1.82, 2.24) is 15.2 Å². The number of nitrogens with two attached hydrogens (primary N) is 1. The monoisotopic (exact) mass is 298 g/mol. The molecule has 17 heavy (non-hydrogen) atoms. The van der Waals surface area contributed by atoms with E-state index < -0.39 is 0 Å². The van der Waals surface area contributed by atoms with Gasteiger partial charge in [0.2, 0.25) is 0 Å². The topological polar surface area (TPSA) is 69.0 Å². The van der Waals surface area contributed by atoms with Gasteiger partial charge in [-0.3, -0.25) is 10.5 Å². The van der Waals surface area contributed by atoms with Crippen LogP contribution in [-0.4, -0.2) is 9.78 Å². The summed E-state index contributed by atoms with van der Waals surface area (Å²) in [6.45, 7) is 4.71. The number of nitrogens with zero attached hydrogens (tertiary/aromatic N) is 2. The largest absolute Gasteiger partial charge is 0.464 e. The maximum atomic E-state index is 5.63. The van der Waals surface area contributed by atoms with E-state index in [1.165, 1.54) is 0 Å². The van der Waals surface area contributed by atoms with E-state index in [9.17, 15) is 0 Å². The predicted octanol–water partition coefficient (Wildman–Crippen LogP) is 2.12. The van der Waals surface area contributed by atoms with Crippen LogP contribution in [0.5, 0.6) is 0 Å². The molecular formula is C11H15BrN4O. The Morgan fingerprint density at radius 1 is 1.59 bits per heavy atom. The summed E-state index contributed by atoms with van der Waals surface area (Å²) < 4.78 is 8.41. The minimum atomic E-state index is -0.208. The van der Waals surface area contributed by atoms with Crippen LogP contribution in [0.15, 0.2) is 27.2 Å². The third-order valence-corrected chi connectivity index (χ3v) is 3.23. The van der Waals surface area contributed by atoms with Crippen molar-refractivity contribution in [2.24, 2.45) is 5.84 Å². The molecule has 1 atom stereocenters. The molecule has 0 bridgehead atoms. The van der Waals surface area contributed by atoms with Gasteiger partial charge in [0, 0.05) is 6.54 Å². The van der Waals surface area contributed by atoms with E-state index >= 15 is 0 Å². The van der Waals surface area contributed by atoms with Crippen LogP contribution in [0.1, 0.15) is 30.2 Å². The summed E-state index contributed by atoms with van der Waals surface area (Å²) in [7, 11) is 0. The molecule has 5 nitrogen and oxygen atoms in total. The SMILES string of the molecule is CCn1ncc(Br)c1C(NN)c1ccc(C)o1. The van der Waals surface area contributed by atoms with Gasteiger partial charge in [0.15, 0.2) is 0 Å². The van der Waals surface area contributed by atoms with Crippen LogP contribution in [0.3, 0.4) is 0 Å². The molecule has 92 valence electrons. The lowest BCUT2D eigenvalue weighted by Crippen LogP contribution is -2.30. The van der Waals surface area contributed by atoms with Crippen LogP contribution in [0.25, 0.3) is 0 Å². The minimum absolute atomic E-state index is 0.208. The van der Waals surface area contributed by atoms with Gasteiger partial charge >= 0.3 is 0 Å². The Kier molecular flexibility index (Phi) is 3.66. The maximum absolute atomic E-state index is 5.63. The third-order valence-electron chi connectivity index (χ3n) is 2.62. The van der Waals surface area contributed by atoms with Gasteiger partial charge < -0.3 is 4.42 Å². The summed E-state index contributed by atoms with van der Waals surface area (Å²) in [6.07, 6.45) is 1.76.